The van der Waals surface area contributed by atoms with E-state index in [0.717, 1.165) is 13.0 Å². The maximum Gasteiger partial charge on any atom is 0.273 e. The molecule has 0 aromatic heterocycles. The number of nitro benzene ring substituents is 1. The molecule has 1 amide bonds. The summed E-state index contributed by atoms with van der Waals surface area (Å²) in [6.07, 6.45) is 3.24. The van der Waals surface area contributed by atoms with Crippen LogP contribution in [0.1, 0.15) is 62.9 Å². The number of carbonyl (C=O) groups is 1. The first-order valence-electron chi connectivity index (χ1n) is 8.32. The monoisotopic (exact) mass is 318 g/mol. The van der Waals surface area contributed by atoms with Gasteiger partial charge in [0.05, 0.1) is 4.92 Å². The van der Waals surface area contributed by atoms with E-state index in [4.69, 9.17) is 0 Å². The summed E-state index contributed by atoms with van der Waals surface area (Å²) in [4.78, 5) is 25.6. The lowest BCUT2D eigenvalue weighted by atomic mass is 9.85. The molecule has 1 saturated carbocycles. The van der Waals surface area contributed by atoms with Crippen molar-refractivity contribution in [1.29, 1.82) is 0 Å². The second kappa shape index (κ2) is 6.69. The van der Waals surface area contributed by atoms with Crippen molar-refractivity contribution in [2.45, 2.75) is 52.4 Å². The lowest BCUT2D eigenvalue weighted by molar-refractivity contribution is -0.386. The summed E-state index contributed by atoms with van der Waals surface area (Å²) >= 11 is 0. The molecular formula is C18H26N2O3. The van der Waals surface area contributed by atoms with Crippen molar-refractivity contribution < 1.29 is 9.72 Å². The Labute approximate surface area is 137 Å². The third-order valence-corrected chi connectivity index (χ3v) is 4.21. The fourth-order valence-electron chi connectivity index (χ4n) is 2.79. The van der Waals surface area contributed by atoms with E-state index in [-0.39, 0.29) is 21.9 Å². The zero-order chi connectivity index (χ0) is 17.2. The molecule has 0 saturated heterocycles. The minimum absolute atomic E-state index is 0.0335. The summed E-state index contributed by atoms with van der Waals surface area (Å²) in [6, 6.07) is 4.90. The predicted octanol–water partition coefficient (Wildman–Crippen LogP) is 4.15. The van der Waals surface area contributed by atoms with Gasteiger partial charge >= 0.3 is 0 Å². The molecule has 5 heteroatoms. The Bertz CT molecular complexity index is 601. The molecule has 1 fully saturated rings. The third-order valence-electron chi connectivity index (χ3n) is 4.21. The van der Waals surface area contributed by atoms with Crippen molar-refractivity contribution >= 4 is 11.6 Å². The van der Waals surface area contributed by atoms with Gasteiger partial charge in [-0.15, -0.1) is 0 Å². The van der Waals surface area contributed by atoms with Crippen LogP contribution in [0.25, 0.3) is 0 Å². The number of benzene rings is 1. The van der Waals surface area contributed by atoms with Crippen LogP contribution in [-0.4, -0.2) is 28.8 Å². The van der Waals surface area contributed by atoms with E-state index in [1.807, 2.05) is 32.6 Å². The zero-order valence-corrected chi connectivity index (χ0v) is 14.5. The molecule has 2 rings (SSSR count). The van der Waals surface area contributed by atoms with E-state index in [1.165, 1.54) is 18.9 Å². The molecule has 1 aliphatic carbocycles. The standard InChI is InChI=1S/C18H26N2O3/c1-5-10-19(12-13-6-7-13)17(21)14-8-9-15(18(2,3)4)16(11-14)20(22)23/h8-9,11,13H,5-7,10,12H2,1-4H3. The average Bonchev–Trinajstić information content (AvgIpc) is 3.28. The molecule has 0 bridgehead atoms. The van der Waals surface area contributed by atoms with Crippen LogP contribution >= 0.6 is 0 Å². The van der Waals surface area contributed by atoms with Gasteiger partial charge < -0.3 is 4.90 Å². The highest BCUT2D eigenvalue weighted by atomic mass is 16.6. The molecule has 126 valence electrons. The number of nitro groups is 1. The highest BCUT2D eigenvalue weighted by Gasteiger charge is 2.29. The predicted molar refractivity (Wildman–Crippen MR) is 90.7 cm³/mol. The Morgan fingerprint density at radius 1 is 1.35 bits per heavy atom. The third kappa shape index (κ3) is 4.30. The first-order chi connectivity index (χ1) is 10.7. The summed E-state index contributed by atoms with van der Waals surface area (Å²) < 4.78 is 0. The van der Waals surface area contributed by atoms with Crippen LogP contribution in [0, 0.1) is 16.0 Å². The second-order valence-corrected chi connectivity index (χ2v) is 7.43. The van der Waals surface area contributed by atoms with Crippen LogP contribution in [0.3, 0.4) is 0 Å². The first-order valence-corrected chi connectivity index (χ1v) is 8.32. The molecule has 0 radical (unpaired) electrons. The molecule has 1 aliphatic rings. The van der Waals surface area contributed by atoms with Gasteiger partial charge in [-0.25, -0.2) is 0 Å². The van der Waals surface area contributed by atoms with Crippen molar-refractivity contribution in [3.05, 3.63) is 39.4 Å². The molecule has 0 spiro atoms. The van der Waals surface area contributed by atoms with Gasteiger partial charge in [0.15, 0.2) is 0 Å². The molecule has 0 heterocycles. The SMILES string of the molecule is CCCN(CC1CC1)C(=O)c1ccc(C(C)(C)C)c([N+](=O)[O-])c1. The Balaban J connectivity index is 2.32. The maximum atomic E-state index is 12.7. The minimum Gasteiger partial charge on any atom is -0.338 e. The van der Waals surface area contributed by atoms with Gasteiger partial charge in [0.1, 0.15) is 0 Å². The van der Waals surface area contributed by atoms with Crippen molar-refractivity contribution in [3.8, 4) is 0 Å². The normalized spacial score (nSPS) is 14.6. The average molecular weight is 318 g/mol. The molecule has 0 unspecified atom stereocenters. The highest BCUT2D eigenvalue weighted by molar-refractivity contribution is 5.95. The number of hydrogen-bond donors (Lipinski definition) is 0. The van der Waals surface area contributed by atoms with Crippen molar-refractivity contribution in [1.82, 2.24) is 4.90 Å². The summed E-state index contributed by atoms with van der Waals surface area (Å²) in [7, 11) is 0. The fraction of sp³-hybridized carbons (Fsp3) is 0.611. The Kier molecular flexibility index (Phi) is 5.07. The maximum absolute atomic E-state index is 12.7. The number of hydrogen-bond acceptors (Lipinski definition) is 3. The number of nitrogens with zero attached hydrogens (tertiary/aromatic N) is 2. The molecular weight excluding hydrogens is 292 g/mol. The summed E-state index contributed by atoms with van der Waals surface area (Å²) in [5, 5.41) is 11.4. The van der Waals surface area contributed by atoms with Crippen LogP contribution in [0.5, 0.6) is 0 Å². The van der Waals surface area contributed by atoms with Crippen LogP contribution in [0.4, 0.5) is 5.69 Å². The van der Waals surface area contributed by atoms with E-state index in [1.54, 1.807) is 12.1 Å². The van der Waals surface area contributed by atoms with Gasteiger partial charge in [-0.05, 0) is 36.7 Å². The Morgan fingerprint density at radius 2 is 2.00 bits per heavy atom. The number of carbonyl (C=O) groups excluding carboxylic acids is 1. The lowest BCUT2D eigenvalue weighted by Crippen LogP contribution is -2.33. The molecule has 1 aromatic carbocycles. The molecule has 0 aliphatic heterocycles. The van der Waals surface area contributed by atoms with Gasteiger partial charge in [0.2, 0.25) is 0 Å². The van der Waals surface area contributed by atoms with E-state index >= 15 is 0 Å². The van der Waals surface area contributed by atoms with Crippen molar-refractivity contribution in [3.63, 3.8) is 0 Å². The fourth-order valence-corrected chi connectivity index (χ4v) is 2.79. The Hall–Kier alpha value is -1.91. The van der Waals surface area contributed by atoms with E-state index in [0.29, 0.717) is 23.6 Å². The van der Waals surface area contributed by atoms with Gasteiger partial charge in [-0.1, -0.05) is 33.8 Å². The summed E-state index contributed by atoms with van der Waals surface area (Å²) in [6.45, 7) is 9.32. The lowest BCUT2D eigenvalue weighted by Gasteiger charge is -2.23. The zero-order valence-electron chi connectivity index (χ0n) is 14.5. The molecule has 23 heavy (non-hydrogen) atoms. The topological polar surface area (TPSA) is 63.5 Å². The summed E-state index contributed by atoms with van der Waals surface area (Å²) in [5.41, 5.74) is 0.773. The van der Waals surface area contributed by atoms with Crippen LogP contribution in [-0.2, 0) is 5.41 Å². The van der Waals surface area contributed by atoms with Gasteiger partial charge in [0.25, 0.3) is 11.6 Å². The second-order valence-electron chi connectivity index (χ2n) is 7.43. The smallest absolute Gasteiger partial charge is 0.273 e. The molecule has 5 nitrogen and oxygen atoms in total. The van der Waals surface area contributed by atoms with Crippen LogP contribution < -0.4 is 0 Å². The van der Waals surface area contributed by atoms with E-state index in [9.17, 15) is 14.9 Å². The van der Waals surface area contributed by atoms with E-state index < -0.39 is 0 Å². The van der Waals surface area contributed by atoms with Crippen molar-refractivity contribution in [2.24, 2.45) is 5.92 Å². The van der Waals surface area contributed by atoms with E-state index in [2.05, 4.69) is 0 Å². The van der Waals surface area contributed by atoms with Gasteiger partial charge in [-0.2, -0.15) is 0 Å². The quantitative estimate of drug-likeness (QED) is 0.584. The highest BCUT2D eigenvalue weighted by Crippen LogP contribution is 2.33. The largest absolute Gasteiger partial charge is 0.338 e. The molecule has 0 N–H and O–H groups in total. The van der Waals surface area contributed by atoms with Gasteiger partial charge in [-0.3, -0.25) is 14.9 Å². The van der Waals surface area contributed by atoms with Crippen molar-refractivity contribution in [2.75, 3.05) is 13.1 Å². The Morgan fingerprint density at radius 3 is 2.48 bits per heavy atom. The van der Waals surface area contributed by atoms with Crippen LogP contribution in [0.15, 0.2) is 18.2 Å². The number of rotatable bonds is 6. The van der Waals surface area contributed by atoms with Crippen LogP contribution in [0.2, 0.25) is 0 Å². The first kappa shape index (κ1) is 17.4. The minimum atomic E-state index is -0.386. The molecule has 1 aromatic rings. The molecule has 0 atom stereocenters. The van der Waals surface area contributed by atoms with Gasteiger partial charge in [0, 0.05) is 30.3 Å². The summed E-state index contributed by atoms with van der Waals surface area (Å²) in [5.74, 6) is 0.511. The number of amides is 1.